The largest absolute Gasteiger partial charge is 0.326 e. The number of carbonyl (C=O) groups excluding carboxylic acids is 1. The van der Waals surface area contributed by atoms with Crippen molar-refractivity contribution < 1.29 is 4.79 Å². The smallest absolute Gasteiger partial charge is 0.221 e. The highest BCUT2D eigenvalue weighted by atomic mass is 35.5. The molecule has 0 aliphatic carbocycles. The normalized spacial score (nSPS) is 10.4. The first-order valence-corrected chi connectivity index (χ1v) is 7.12. The molecule has 2 rings (SSSR count). The van der Waals surface area contributed by atoms with Crippen LogP contribution in [0.25, 0.3) is 11.1 Å². The topological polar surface area (TPSA) is 29.1 Å². The van der Waals surface area contributed by atoms with Crippen molar-refractivity contribution in [3.63, 3.8) is 0 Å². The first kappa shape index (κ1) is 15.5. The van der Waals surface area contributed by atoms with Crippen molar-refractivity contribution in [1.82, 2.24) is 0 Å². The zero-order valence-corrected chi connectivity index (χ0v) is 13.3. The van der Waals surface area contributed by atoms with Crippen molar-refractivity contribution in [1.29, 1.82) is 0 Å². The van der Waals surface area contributed by atoms with Crippen molar-refractivity contribution in [3.05, 3.63) is 50.4 Å². The van der Waals surface area contributed by atoms with Crippen molar-refractivity contribution in [2.75, 3.05) is 5.32 Å². The number of benzene rings is 2. The third-order valence-electron chi connectivity index (χ3n) is 2.62. The third-order valence-corrected chi connectivity index (χ3v) is 4.37. The molecule has 0 atom stereocenters. The predicted molar refractivity (Wildman–Crippen MR) is 86.2 cm³/mol. The number of halogens is 4. The van der Waals surface area contributed by atoms with Crippen LogP contribution in [-0.4, -0.2) is 5.91 Å². The van der Waals surface area contributed by atoms with Gasteiger partial charge in [-0.3, -0.25) is 4.79 Å². The molecule has 0 bridgehead atoms. The lowest BCUT2D eigenvalue weighted by atomic mass is 10.1. The van der Waals surface area contributed by atoms with Crippen molar-refractivity contribution in [2.45, 2.75) is 6.92 Å². The first-order valence-electron chi connectivity index (χ1n) is 5.61. The Labute approximate surface area is 136 Å². The summed E-state index contributed by atoms with van der Waals surface area (Å²) in [7, 11) is 0. The minimum absolute atomic E-state index is 0.131. The first-order chi connectivity index (χ1) is 9.40. The molecule has 0 saturated carbocycles. The minimum Gasteiger partial charge on any atom is -0.326 e. The van der Waals surface area contributed by atoms with Crippen LogP contribution >= 0.6 is 46.4 Å². The van der Waals surface area contributed by atoms with E-state index in [-0.39, 0.29) is 16.0 Å². The fourth-order valence-corrected chi connectivity index (χ4v) is 2.63. The maximum absolute atomic E-state index is 11.0. The summed E-state index contributed by atoms with van der Waals surface area (Å²) in [6.45, 7) is 1.45. The molecule has 0 fully saturated rings. The molecule has 2 aromatic carbocycles. The van der Waals surface area contributed by atoms with Gasteiger partial charge in [0.05, 0.1) is 20.1 Å². The second kappa shape index (κ2) is 6.23. The SMILES string of the molecule is CC(=O)Nc1ccc(-c2cc(Cl)c(Cl)c(Cl)c2Cl)cc1. The zero-order valence-electron chi connectivity index (χ0n) is 10.3. The molecule has 0 spiro atoms. The Morgan fingerprint density at radius 2 is 1.55 bits per heavy atom. The lowest BCUT2D eigenvalue weighted by Gasteiger charge is -2.10. The van der Waals surface area contributed by atoms with Crippen LogP contribution in [0.3, 0.4) is 0 Å². The molecule has 0 saturated heterocycles. The van der Waals surface area contributed by atoms with E-state index in [2.05, 4.69) is 5.32 Å². The van der Waals surface area contributed by atoms with Gasteiger partial charge in [-0.15, -0.1) is 0 Å². The number of rotatable bonds is 2. The van der Waals surface area contributed by atoms with Crippen LogP contribution in [0.2, 0.25) is 20.1 Å². The lowest BCUT2D eigenvalue weighted by molar-refractivity contribution is -0.114. The molecule has 0 unspecified atom stereocenters. The summed E-state index contributed by atoms with van der Waals surface area (Å²) in [5, 5.41) is 3.82. The van der Waals surface area contributed by atoms with E-state index in [1.165, 1.54) is 6.92 Å². The summed E-state index contributed by atoms with van der Waals surface area (Å²) in [4.78, 5) is 11.0. The van der Waals surface area contributed by atoms with Crippen molar-refractivity contribution in [2.24, 2.45) is 0 Å². The molecule has 104 valence electrons. The lowest BCUT2D eigenvalue weighted by Crippen LogP contribution is -2.05. The van der Waals surface area contributed by atoms with Crippen LogP contribution in [-0.2, 0) is 4.79 Å². The molecular formula is C14H9Cl4NO. The van der Waals surface area contributed by atoms with E-state index in [4.69, 9.17) is 46.4 Å². The highest BCUT2D eigenvalue weighted by molar-refractivity contribution is 6.52. The summed E-state index contributed by atoms with van der Waals surface area (Å²) in [5.41, 5.74) is 2.20. The summed E-state index contributed by atoms with van der Waals surface area (Å²) in [5.74, 6) is -0.131. The summed E-state index contributed by atoms with van der Waals surface area (Å²) in [6, 6.07) is 8.82. The minimum atomic E-state index is -0.131. The Kier molecular flexibility index (Phi) is 4.82. The molecular weight excluding hydrogens is 340 g/mol. The molecule has 2 nitrogen and oxygen atoms in total. The van der Waals surface area contributed by atoms with Gasteiger partial charge >= 0.3 is 0 Å². The fraction of sp³-hybridized carbons (Fsp3) is 0.0714. The Hall–Kier alpha value is -0.930. The molecule has 1 amide bonds. The van der Waals surface area contributed by atoms with Gasteiger partial charge in [-0.2, -0.15) is 0 Å². The van der Waals surface area contributed by atoms with E-state index < -0.39 is 0 Å². The van der Waals surface area contributed by atoms with Gasteiger partial charge in [-0.25, -0.2) is 0 Å². The molecule has 2 aromatic rings. The number of anilines is 1. The summed E-state index contributed by atoms with van der Waals surface area (Å²) < 4.78 is 0. The highest BCUT2D eigenvalue weighted by Gasteiger charge is 2.14. The maximum atomic E-state index is 11.0. The average molecular weight is 349 g/mol. The Balaban J connectivity index is 2.44. The second-order valence-electron chi connectivity index (χ2n) is 4.11. The van der Waals surface area contributed by atoms with Gasteiger partial charge in [0.2, 0.25) is 5.91 Å². The van der Waals surface area contributed by atoms with Crippen molar-refractivity contribution in [3.8, 4) is 11.1 Å². The van der Waals surface area contributed by atoms with Gasteiger partial charge in [0, 0.05) is 18.2 Å². The molecule has 20 heavy (non-hydrogen) atoms. The number of carbonyl (C=O) groups is 1. The highest BCUT2D eigenvalue weighted by Crippen LogP contribution is 2.42. The molecule has 1 N–H and O–H groups in total. The van der Waals surface area contributed by atoms with Crippen molar-refractivity contribution >= 4 is 58.0 Å². The van der Waals surface area contributed by atoms with Gasteiger partial charge in [0.1, 0.15) is 0 Å². The molecule has 0 aliphatic heterocycles. The maximum Gasteiger partial charge on any atom is 0.221 e. The molecule has 0 heterocycles. The van der Waals surface area contributed by atoms with E-state index in [1.54, 1.807) is 18.2 Å². The monoisotopic (exact) mass is 347 g/mol. The zero-order chi connectivity index (χ0) is 14.9. The fourth-order valence-electron chi connectivity index (χ4n) is 1.72. The number of nitrogens with one attached hydrogen (secondary N) is 1. The summed E-state index contributed by atoms with van der Waals surface area (Å²) >= 11 is 24.2. The van der Waals surface area contributed by atoms with E-state index in [0.29, 0.717) is 21.3 Å². The van der Waals surface area contributed by atoms with E-state index in [9.17, 15) is 4.79 Å². The molecule has 0 aliphatic rings. The van der Waals surface area contributed by atoms with Gasteiger partial charge in [-0.1, -0.05) is 58.5 Å². The molecule has 0 radical (unpaired) electrons. The van der Waals surface area contributed by atoms with Gasteiger partial charge in [0.25, 0.3) is 0 Å². The Morgan fingerprint density at radius 3 is 2.10 bits per heavy atom. The standard InChI is InChI=1S/C14H9Cl4NO/c1-7(20)19-9-4-2-8(3-5-9)10-6-11(15)13(17)14(18)12(10)16/h2-6H,1H3,(H,19,20). The Bertz CT molecular complexity index is 668. The number of amides is 1. The van der Waals surface area contributed by atoms with Gasteiger partial charge in [-0.05, 0) is 23.8 Å². The van der Waals surface area contributed by atoms with E-state index >= 15 is 0 Å². The van der Waals surface area contributed by atoms with Gasteiger partial charge < -0.3 is 5.32 Å². The number of hydrogen-bond acceptors (Lipinski definition) is 1. The van der Waals surface area contributed by atoms with Crippen LogP contribution < -0.4 is 5.32 Å². The number of hydrogen-bond donors (Lipinski definition) is 1. The van der Waals surface area contributed by atoms with Gasteiger partial charge in [0.15, 0.2) is 0 Å². The quantitative estimate of drug-likeness (QED) is 0.529. The molecule has 6 heteroatoms. The second-order valence-corrected chi connectivity index (χ2v) is 5.65. The van der Waals surface area contributed by atoms with Crippen LogP contribution in [0, 0.1) is 0 Å². The summed E-state index contributed by atoms with van der Waals surface area (Å²) in [6.07, 6.45) is 0. The van der Waals surface area contributed by atoms with Crippen LogP contribution in [0.4, 0.5) is 5.69 Å². The van der Waals surface area contributed by atoms with E-state index in [1.807, 2.05) is 12.1 Å². The van der Waals surface area contributed by atoms with Crippen LogP contribution in [0.1, 0.15) is 6.92 Å². The third kappa shape index (κ3) is 3.21. The predicted octanol–water partition coefficient (Wildman–Crippen LogP) is 5.93. The van der Waals surface area contributed by atoms with Crippen LogP contribution in [0.15, 0.2) is 30.3 Å². The average Bonchev–Trinajstić information content (AvgIpc) is 2.41. The molecule has 0 aromatic heterocycles. The Morgan fingerprint density at radius 1 is 0.950 bits per heavy atom. The van der Waals surface area contributed by atoms with E-state index in [0.717, 1.165) is 5.56 Å². The van der Waals surface area contributed by atoms with Crippen LogP contribution in [0.5, 0.6) is 0 Å².